The third-order valence-electron chi connectivity index (χ3n) is 6.45. The highest BCUT2D eigenvalue weighted by Crippen LogP contribution is 2.39. The number of amides is 3. The third kappa shape index (κ3) is 4.44. The number of carbonyl (C=O) groups is 3. The standard InChI is InChI=1S/C25H24FN3O6/c26-18-7-5-17(6-8-18)23(31)28-11-9-25(10-12-28)29(24(32)21-4-2-14-34-21)20(16-35-25)22(30)27-15-19-3-1-13-33-19/h1-8,13-14,20H,9-12,15-16H2,(H,27,30). The van der Waals surface area contributed by atoms with Crippen LogP contribution >= 0.6 is 0 Å². The average Bonchev–Trinajstić information content (AvgIpc) is 3.65. The lowest BCUT2D eigenvalue weighted by molar-refractivity contribution is -0.128. The van der Waals surface area contributed by atoms with E-state index in [2.05, 4.69) is 5.32 Å². The molecule has 35 heavy (non-hydrogen) atoms. The number of halogens is 1. The maximum Gasteiger partial charge on any atom is 0.292 e. The number of ether oxygens (including phenoxy) is 1. The zero-order valence-electron chi connectivity index (χ0n) is 18.8. The van der Waals surface area contributed by atoms with Crippen LogP contribution in [0.1, 0.15) is 39.5 Å². The van der Waals surface area contributed by atoms with Gasteiger partial charge in [-0.3, -0.25) is 19.3 Å². The molecule has 10 heteroatoms. The molecule has 182 valence electrons. The third-order valence-corrected chi connectivity index (χ3v) is 6.45. The van der Waals surface area contributed by atoms with Gasteiger partial charge in [0.2, 0.25) is 5.91 Å². The minimum atomic E-state index is -1.06. The van der Waals surface area contributed by atoms with Crippen molar-refractivity contribution in [1.29, 1.82) is 0 Å². The number of benzene rings is 1. The van der Waals surface area contributed by atoms with Crippen LogP contribution in [0.5, 0.6) is 0 Å². The van der Waals surface area contributed by atoms with E-state index in [1.165, 1.54) is 41.7 Å². The van der Waals surface area contributed by atoms with Crippen molar-refractivity contribution in [1.82, 2.24) is 15.1 Å². The highest BCUT2D eigenvalue weighted by molar-refractivity contribution is 5.97. The van der Waals surface area contributed by atoms with Crippen molar-refractivity contribution in [3.8, 4) is 0 Å². The summed E-state index contributed by atoms with van der Waals surface area (Å²) < 4.78 is 30.0. The number of piperidine rings is 1. The minimum absolute atomic E-state index is 0.0162. The number of nitrogens with zero attached hydrogens (tertiary/aromatic N) is 2. The number of hydrogen-bond acceptors (Lipinski definition) is 6. The molecular formula is C25H24FN3O6. The van der Waals surface area contributed by atoms with E-state index in [1.807, 2.05) is 0 Å². The second kappa shape index (κ2) is 9.38. The first-order valence-corrected chi connectivity index (χ1v) is 11.3. The van der Waals surface area contributed by atoms with Crippen molar-refractivity contribution in [2.45, 2.75) is 31.2 Å². The first kappa shape index (κ1) is 22.9. The lowest BCUT2D eigenvalue weighted by Crippen LogP contribution is -2.59. The normalized spacial score (nSPS) is 19.2. The average molecular weight is 481 g/mol. The number of hydrogen-bond donors (Lipinski definition) is 1. The van der Waals surface area contributed by atoms with Gasteiger partial charge in [0, 0.05) is 31.5 Å². The molecule has 2 aliphatic rings. The molecule has 1 spiro atoms. The summed E-state index contributed by atoms with van der Waals surface area (Å²) in [6.45, 7) is 0.804. The summed E-state index contributed by atoms with van der Waals surface area (Å²) in [4.78, 5) is 42.5. The van der Waals surface area contributed by atoms with Crippen molar-refractivity contribution in [2.75, 3.05) is 19.7 Å². The zero-order valence-corrected chi connectivity index (χ0v) is 18.8. The van der Waals surface area contributed by atoms with Crippen LogP contribution in [0.4, 0.5) is 4.39 Å². The van der Waals surface area contributed by atoms with E-state index in [0.717, 1.165) is 0 Å². The SMILES string of the molecule is O=C(NCc1ccco1)C1COC2(CCN(C(=O)c3ccc(F)cc3)CC2)N1C(=O)c1ccco1. The van der Waals surface area contributed by atoms with Gasteiger partial charge >= 0.3 is 0 Å². The Hall–Kier alpha value is -3.92. The van der Waals surface area contributed by atoms with E-state index in [-0.39, 0.29) is 30.7 Å². The first-order valence-electron chi connectivity index (χ1n) is 11.3. The molecule has 0 saturated carbocycles. The molecule has 1 unspecified atom stereocenters. The first-order chi connectivity index (χ1) is 17.0. The molecule has 0 bridgehead atoms. The van der Waals surface area contributed by atoms with Crippen LogP contribution < -0.4 is 5.32 Å². The monoisotopic (exact) mass is 481 g/mol. The Morgan fingerprint density at radius 1 is 0.971 bits per heavy atom. The van der Waals surface area contributed by atoms with Gasteiger partial charge in [-0.1, -0.05) is 0 Å². The second-order valence-corrected chi connectivity index (χ2v) is 8.52. The van der Waals surface area contributed by atoms with E-state index in [1.54, 1.807) is 29.2 Å². The molecular weight excluding hydrogens is 457 g/mol. The molecule has 1 aromatic carbocycles. The fourth-order valence-corrected chi connectivity index (χ4v) is 4.63. The van der Waals surface area contributed by atoms with Crippen LogP contribution in [0.3, 0.4) is 0 Å². The van der Waals surface area contributed by atoms with Crippen molar-refractivity contribution in [2.24, 2.45) is 0 Å². The molecule has 3 aromatic rings. The van der Waals surface area contributed by atoms with Crippen LogP contribution in [0.15, 0.2) is 69.9 Å². The summed E-state index contributed by atoms with van der Waals surface area (Å²) in [5.74, 6) is -0.782. The topological polar surface area (TPSA) is 105 Å². The lowest BCUT2D eigenvalue weighted by Gasteiger charge is -2.44. The molecule has 4 heterocycles. The molecule has 1 atom stereocenters. The summed E-state index contributed by atoms with van der Waals surface area (Å²) in [6.07, 6.45) is 3.54. The van der Waals surface area contributed by atoms with Crippen molar-refractivity contribution in [3.05, 3.63) is 84.0 Å². The van der Waals surface area contributed by atoms with Gasteiger partial charge in [0.05, 0.1) is 25.7 Å². The van der Waals surface area contributed by atoms with Gasteiger partial charge in [-0.25, -0.2) is 4.39 Å². The molecule has 2 saturated heterocycles. The maximum atomic E-state index is 13.4. The fourth-order valence-electron chi connectivity index (χ4n) is 4.63. The highest BCUT2D eigenvalue weighted by atomic mass is 19.1. The summed E-state index contributed by atoms with van der Waals surface area (Å²) in [5, 5.41) is 2.80. The molecule has 0 radical (unpaired) electrons. The largest absolute Gasteiger partial charge is 0.467 e. The zero-order chi connectivity index (χ0) is 24.4. The fraction of sp³-hybridized carbons (Fsp3) is 0.320. The number of furan rings is 2. The Balaban J connectivity index is 1.33. The summed E-state index contributed by atoms with van der Waals surface area (Å²) in [7, 11) is 0. The Kier molecular flexibility index (Phi) is 6.12. The highest BCUT2D eigenvalue weighted by Gasteiger charge is 2.54. The second-order valence-electron chi connectivity index (χ2n) is 8.52. The molecule has 9 nitrogen and oxygen atoms in total. The predicted octanol–water partition coefficient (Wildman–Crippen LogP) is 2.80. The predicted molar refractivity (Wildman–Crippen MR) is 119 cm³/mol. The summed E-state index contributed by atoms with van der Waals surface area (Å²) in [5.41, 5.74) is -0.677. The van der Waals surface area contributed by atoms with E-state index in [0.29, 0.717) is 37.3 Å². The van der Waals surface area contributed by atoms with Crippen molar-refractivity contribution < 1.29 is 32.3 Å². The Labute approximate surface area is 200 Å². The van der Waals surface area contributed by atoms with Crippen molar-refractivity contribution in [3.63, 3.8) is 0 Å². The number of carbonyl (C=O) groups excluding carboxylic acids is 3. The van der Waals surface area contributed by atoms with E-state index >= 15 is 0 Å². The lowest BCUT2D eigenvalue weighted by atomic mass is 9.96. The van der Waals surface area contributed by atoms with Crippen LogP contribution in [-0.2, 0) is 16.1 Å². The Bertz CT molecular complexity index is 1180. The van der Waals surface area contributed by atoms with Crippen LogP contribution in [0.25, 0.3) is 0 Å². The number of nitrogens with one attached hydrogen (secondary N) is 1. The summed E-state index contributed by atoms with van der Waals surface area (Å²) >= 11 is 0. The Morgan fingerprint density at radius 3 is 2.34 bits per heavy atom. The van der Waals surface area contributed by atoms with Gasteiger partial charge < -0.3 is 23.8 Å². The number of likely N-dealkylation sites (tertiary alicyclic amines) is 1. The van der Waals surface area contributed by atoms with Crippen LogP contribution in [-0.4, -0.2) is 59.0 Å². The van der Waals surface area contributed by atoms with Gasteiger partial charge in [-0.15, -0.1) is 0 Å². The van der Waals surface area contributed by atoms with Gasteiger partial charge in [-0.05, 0) is 48.5 Å². The van der Waals surface area contributed by atoms with E-state index in [4.69, 9.17) is 13.6 Å². The molecule has 3 amide bonds. The molecule has 2 aromatic heterocycles. The van der Waals surface area contributed by atoms with Gasteiger partial charge in [-0.2, -0.15) is 0 Å². The Morgan fingerprint density at radius 2 is 1.69 bits per heavy atom. The van der Waals surface area contributed by atoms with Gasteiger partial charge in [0.15, 0.2) is 5.76 Å². The van der Waals surface area contributed by atoms with E-state index in [9.17, 15) is 18.8 Å². The quantitative estimate of drug-likeness (QED) is 0.601. The molecule has 0 aliphatic carbocycles. The van der Waals surface area contributed by atoms with Crippen LogP contribution in [0.2, 0.25) is 0 Å². The molecule has 2 aliphatic heterocycles. The summed E-state index contributed by atoms with van der Waals surface area (Å²) in [6, 6.07) is 11.1. The van der Waals surface area contributed by atoms with Gasteiger partial charge in [0.25, 0.3) is 11.8 Å². The smallest absolute Gasteiger partial charge is 0.292 e. The molecule has 1 N–H and O–H groups in total. The minimum Gasteiger partial charge on any atom is -0.467 e. The van der Waals surface area contributed by atoms with Gasteiger partial charge in [0.1, 0.15) is 23.3 Å². The number of rotatable bonds is 5. The maximum absolute atomic E-state index is 13.4. The molecule has 2 fully saturated rings. The van der Waals surface area contributed by atoms with Crippen LogP contribution in [0, 0.1) is 5.82 Å². The molecule has 5 rings (SSSR count). The van der Waals surface area contributed by atoms with E-state index < -0.39 is 23.5 Å². The van der Waals surface area contributed by atoms with Crippen molar-refractivity contribution >= 4 is 17.7 Å².